The fourth-order valence-electron chi connectivity index (χ4n) is 1.96. The topological polar surface area (TPSA) is 78.9 Å². The molecule has 6 heteroatoms. The summed E-state index contributed by atoms with van der Waals surface area (Å²) in [5, 5.41) is 11.3. The van der Waals surface area contributed by atoms with Gasteiger partial charge in [0.05, 0.1) is 19.1 Å². The van der Waals surface area contributed by atoms with E-state index < -0.39 is 11.6 Å². The molecule has 1 heterocycles. The Kier molecular flexibility index (Phi) is 5.19. The van der Waals surface area contributed by atoms with Gasteiger partial charge in [0.15, 0.2) is 0 Å². The molecule has 106 valence electrons. The average Bonchev–Trinajstić information content (AvgIpc) is 2.32. The van der Waals surface area contributed by atoms with Crippen LogP contribution in [-0.2, 0) is 9.53 Å². The Morgan fingerprint density at radius 3 is 2.68 bits per heavy atom. The molecule has 0 radical (unpaired) electrons. The molecule has 1 fully saturated rings. The SMILES string of the molecule is C#CC(CCC)NC(=O)N1CC(C)(OCC(=O)O)C1. The number of hydrogen-bond acceptors (Lipinski definition) is 3. The molecule has 1 aliphatic rings. The number of rotatable bonds is 6. The molecule has 2 amide bonds. The third-order valence-corrected chi connectivity index (χ3v) is 2.96. The lowest BCUT2D eigenvalue weighted by Crippen LogP contribution is -2.65. The summed E-state index contributed by atoms with van der Waals surface area (Å²) in [5.74, 6) is 1.52. The maximum absolute atomic E-state index is 11.8. The van der Waals surface area contributed by atoms with Gasteiger partial charge in [-0.15, -0.1) is 6.42 Å². The number of amides is 2. The van der Waals surface area contributed by atoms with E-state index >= 15 is 0 Å². The molecule has 0 spiro atoms. The lowest BCUT2D eigenvalue weighted by molar-refractivity contribution is -0.159. The molecule has 6 nitrogen and oxygen atoms in total. The van der Waals surface area contributed by atoms with Crippen molar-refractivity contribution in [3.63, 3.8) is 0 Å². The summed E-state index contributed by atoms with van der Waals surface area (Å²) in [6, 6.07) is -0.489. The lowest BCUT2D eigenvalue weighted by Gasteiger charge is -2.47. The Bertz CT molecular complexity index is 383. The summed E-state index contributed by atoms with van der Waals surface area (Å²) >= 11 is 0. The highest BCUT2D eigenvalue weighted by molar-refractivity contribution is 5.76. The van der Waals surface area contributed by atoms with Crippen molar-refractivity contribution in [2.24, 2.45) is 0 Å². The van der Waals surface area contributed by atoms with Crippen LogP contribution < -0.4 is 5.32 Å². The minimum absolute atomic E-state index is 0.229. The summed E-state index contributed by atoms with van der Waals surface area (Å²) in [6.45, 7) is 4.17. The molecule has 0 aromatic heterocycles. The van der Waals surface area contributed by atoms with Gasteiger partial charge in [-0.1, -0.05) is 19.3 Å². The Morgan fingerprint density at radius 2 is 2.21 bits per heavy atom. The van der Waals surface area contributed by atoms with E-state index in [2.05, 4.69) is 11.2 Å². The zero-order chi connectivity index (χ0) is 14.5. The van der Waals surface area contributed by atoms with Gasteiger partial charge in [0, 0.05) is 0 Å². The minimum atomic E-state index is -1.01. The summed E-state index contributed by atoms with van der Waals surface area (Å²) < 4.78 is 5.22. The van der Waals surface area contributed by atoms with Crippen molar-refractivity contribution in [3.05, 3.63) is 0 Å². The number of nitrogens with zero attached hydrogens (tertiary/aromatic N) is 1. The number of carbonyl (C=O) groups is 2. The first kappa shape index (κ1) is 15.3. The number of likely N-dealkylation sites (tertiary alicyclic amines) is 1. The summed E-state index contributed by atoms with van der Waals surface area (Å²) in [4.78, 5) is 23.8. The highest BCUT2D eigenvalue weighted by Crippen LogP contribution is 2.24. The third-order valence-electron chi connectivity index (χ3n) is 2.96. The van der Waals surface area contributed by atoms with Gasteiger partial charge < -0.3 is 20.1 Å². The molecule has 1 rings (SSSR count). The van der Waals surface area contributed by atoms with Crippen LogP contribution in [0.2, 0.25) is 0 Å². The fourth-order valence-corrected chi connectivity index (χ4v) is 1.96. The number of terminal acetylenes is 1. The van der Waals surface area contributed by atoms with Gasteiger partial charge >= 0.3 is 12.0 Å². The molecule has 19 heavy (non-hydrogen) atoms. The highest BCUT2D eigenvalue weighted by atomic mass is 16.5. The van der Waals surface area contributed by atoms with Gasteiger partial charge in [0.25, 0.3) is 0 Å². The van der Waals surface area contributed by atoms with E-state index in [1.807, 2.05) is 6.92 Å². The van der Waals surface area contributed by atoms with E-state index in [1.54, 1.807) is 11.8 Å². The normalized spacial score (nSPS) is 18.1. The van der Waals surface area contributed by atoms with Gasteiger partial charge in [-0.05, 0) is 13.3 Å². The molecule has 0 aromatic carbocycles. The van der Waals surface area contributed by atoms with E-state index in [4.69, 9.17) is 16.3 Å². The molecular weight excluding hydrogens is 248 g/mol. The van der Waals surface area contributed by atoms with E-state index in [0.29, 0.717) is 13.1 Å². The van der Waals surface area contributed by atoms with Crippen molar-refractivity contribution >= 4 is 12.0 Å². The zero-order valence-electron chi connectivity index (χ0n) is 11.3. The smallest absolute Gasteiger partial charge is 0.329 e. The summed E-state index contributed by atoms with van der Waals surface area (Å²) in [7, 11) is 0. The number of urea groups is 1. The van der Waals surface area contributed by atoms with Crippen LogP contribution in [0.4, 0.5) is 4.79 Å². The van der Waals surface area contributed by atoms with Crippen molar-refractivity contribution in [1.82, 2.24) is 10.2 Å². The second kappa shape index (κ2) is 6.43. The predicted molar refractivity (Wildman–Crippen MR) is 69.6 cm³/mol. The van der Waals surface area contributed by atoms with Crippen LogP contribution in [0.1, 0.15) is 26.7 Å². The van der Waals surface area contributed by atoms with Crippen LogP contribution in [0.15, 0.2) is 0 Å². The Hall–Kier alpha value is -1.74. The molecule has 0 aromatic rings. The predicted octanol–water partition coefficient (Wildman–Crippen LogP) is 0.673. The van der Waals surface area contributed by atoms with Gasteiger partial charge in [0.1, 0.15) is 12.2 Å². The van der Waals surface area contributed by atoms with E-state index in [1.165, 1.54) is 0 Å². The molecule has 1 saturated heterocycles. The number of carboxylic acids is 1. The van der Waals surface area contributed by atoms with Crippen LogP contribution in [0.5, 0.6) is 0 Å². The minimum Gasteiger partial charge on any atom is -0.480 e. The van der Waals surface area contributed by atoms with Crippen molar-refractivity contribution in [2.75, 3.05) is 19.7 Å². The van der Waals surface area contributed by atoms with Crippen molar-refractivity contribution < 1.29 is 19.4 Å². The number of carboxylic acid groups (broad SMARTS) is 1. The van der Waals surface area contributed by atoms with Crippen molar-refractivity contribution in [1.29, 1.82) is 0 Å². The molecule has 2 N–H and O–H groups in total. The number of carbonyl (C=O) groups excluding carboxylic acids is 1. The number of hydrogen-bond donors (Lipinski definition) is 2. The first-order valence-electron chi connectivity index (χ1n) is 6.27. The highest BCUT2D eigenvalue weighted by Gasteiger charge is 2.43. The zero-order valence-corrected chi connectivity index (χ0v) is 11.3. The molecular formula is C13H20N2O4. The van der Waals surface area contributed by atoms with E-state index in [0.717, 1.165) is 12.8 Å². The molecule has 1 aliphatic heterocycles. The van der Waals surface area contributed by atoms with Crippen LogP contribution >= 0.6 is 0 Å². The van der Waals surface area contributed by atoms with Crippen molar-refractivity contribution in [2.45, 2.75) is 38.3 Å². The fraction of sp³-hybridized carbons (Fsp3) is 0.692. The lowest BCUT2D eigenvalue weighted by atomic mass is 9.97. The van der Waals surface area contributed by atoms with Gasteiger partial charge in [0.2, 0.25) is 0 Å². The van der Waals surface area contributed by atoms with Crippen LogP contribution in [-0.4, -0.2) is 53.3 Å². The van der Waals surface area contributed by atoms with Gasteiger partial charge in [-0.25, -0.2) is 9.59 Å². The Morgan fingerprint density at radius 1 is 1.58 bits per heavy atom. The second-order valence-corrected chi connectivity index (χ2v) is 4.95. The monoisotopic (exact) mass is 268 g/mol. The number of aliphatic carboxylic acids is 1. The van der Waals surface area contributed by atoms with Crippen molar-refractivity contribution in [3.8, 4) is 12.3 Å². The summed E-state index contributed by atoms with van der Waals surface area (Å²) in [5.41, 5.74) is -0.577. The van der Waals surface area contributed by atoms with Crippen LogP contribution in [0.3, 0.4) is 0 Å². The van der Waals surface area contributed by atoms with Crippen LogP contribution in [0.25, 0.3) is 0 Å². The molecule has 0 saturated carbocycles. The molecule has 1 unspecified atom stereocenters. The molecule has 0 bridgehead atoms. The first-order valence-corrected chi connectivity index (χ1v) is 6.27. The third kappa shape index (κ3) is 4.45. The van der Waals surface area contributed by atoms with Gasteiger partial charge in [-0.3, -0.25) is 0 Å². The maximum atomic E-state index is 11.8. The quantitative estimate of drug-likeness (QED) is 0.694. The Balaban J connectivity index is 2.35. The second-order valence-electron chi connectivity index (χ2n) is 4.95. The Labute approximate surface area is 113 Å². The number of nitrogens with one attached hydrogen (secondary N) is 1. The van der Waals surface area contributed by atoms with Crippen LogP contribution in [0, 0.1) is 12.3 Å². The molecule has 1 atom stereocenters. The van der Waals surface area contributed by atoms with E-state index in [-0.39, 0.29) is 18.7 Å². The standard InChI is InChI=1S/C13H20N2O4/c1-4-6-10(5-2)14-12(18)15-8-13(3,9-15)19-7-11(16)17/h2,10H,4,6-9H2,1,3H3,(H,14,18)(H,16,17). The molecule has 0 aliphatic carbocycles. The first-order chi connectivity index (χ1) is 8.90. The van der Waals surface area contributed by atoms with E-state index in [9.17, 15) is 9.59 Å². The van der Waals surface area contributed by atoms with Gasteiger partial charge in [-0.2, -0.15) is 0 Å². The largest absolute Gasteiger partial charge is 0.480 e. The summed E-state index contributed by atoms with van der Waals surface area (Å²) in [6.07, 6.45) is 6.96. The number of ether oxygens (including phenoxy) is 1. The maximum Gasteiger partial charge on any atom is 0.329 e. The average molecular weight is 268 g/mol.